The fourth-order valence-electron chi connectivity index (χ4n) is 1.22. The Balaban J connectivity index is 2.86. The molecule has 1 heterocycles. The predicted octanol–water partition coefficient (Wildman–Crippen LogP) is 0.595. The Morgan fingerprint density at radius 2 is 2.00 bits per heavy atom. The number of methoxy groups -OCH3 is 1. The van der Waals surface area contributed by atoms with E-state index in [1.807, 2.05) is 0 Å². The zero-order valence-corrected chi connectivity index (χ0v) is 9.01. The van der Waals surface area contributed by atoms with E-state index in [1.54, 1.807) is 38.5 Å². The second-order valence-electron chi connectivity index (χ2n) is 3.28. The Kier molecular flexibility index (Phi) is 3.49. The number of carbonyl (C=O) groups excluding carboxylic acids is 2. The summed E-state index contributed by atoms with van der Waals surface area (Å²) in [5.74, 6) is -0.453. The average Bonchev–Trinajstić information content (AvgIpc) is 2.27. The van der Waals surface area contributed by atoms with Crippen molar-refractivity contribution in [3.63, 3.8) is 0 Å². The Labute approximate surface area is 88.6 Å². The minimum absolute atomic E-state index is 0.258. The zero-order valence-electron chi connectivity index (χ0n) is 9.01. The maximum absolute atomic E-state index is 11.7. The van der Waals surface area contributed by atoms with Gasteiger partial charge in [0.05, 0.1) is 7.11 Å². The lowest BCUT2D eigenvalue weighted by Gasteiger charge is -2.28. The molecule has 0 aromatic heterocycles. The quantitative estimate of drug-likeness (QED) is 0.595. The third-order valence-corrected chi connectivity index (χ3v) is 2.00. The van der Waals surface area contributed by atoms with Gasteiger partial charge < -0.3 is 9.64 Å². The van der Waals surface area contributed by atoms with Crippen LogP contribution in [0.25, 0.3) is 0 Å². The molecule has 0 aromatic carbocycles. The third kappa shape index (κ3) is 2.37. The van der Waals surface area contributed by atoms with Gasteiger partial charge in [0.2, 0.25) is 0 Å². The van der Waals surface area contributed by atoms with Crippen LogP contribution in [0, 0.1) is 0 Å². The van der Waals surface area contributed by atoms with E-state index in [2.05, 4.69) is 4.74 Å². The molecule has 1 aliphatic heterocycles. The van der Waals surface area contributed by atoms with Crippen molar-refractivity contribution >= 4 is 12.0 Å². The van der Waals surface area contributed by atoms with Gasteiger partial charge in [-0.25, -0.2) is 9.59 Å². The smallest absolute Gasteiger partial charge is 0.333 e. The van der Waals surface area contributed by atoms with Crippen molar-refractivity contribution in [1.29, 1.82) is 0 Å². The molecule has 15 heavy (non-hydrogen) atoms. The Bertz CT molecular complexity index is 321. The number of amides is 2. The molecule has 5 heteroatoms. The second kappa shape index (κ2) is 4.63. The zero-order chi connectivity index (χ0) is 11.4. The van der Waals surface area contributed by atoms with Gasteiger partial charge in [-0.05, 0) is 6.08 Å². The molecular formula is C10H14N2O3. The molecule has 0 saturated heterocycles. The van der Waals surface area contributed by atoms with E-state index < -0.39 is 12.0 Å². The first-order chi connectivity index (χ1) is 7.07. The van der Waals surface area contributed by atoms with Crippen LogP contribution in [0.2, 0.25) is 0 Å². The molecule has 5 nitrogen and oxygen atoms in total. The van der Waals surface area contributed by atoms with Gasteiger partial charge in [0.15, 0.2) is 6.04 Å². The van der Waals surface area contributed by atoms with E-state index in [0.717, 1.165) is 0 Å². The van der Waals surface area contributed by atoms with Crippen LogP contribution in [0.1, 0.15) is 0 Å². The molecule has 0 fully saturated rings. The fraction of sp³-hybridized carbons (Fsp3) is 0.400. The van der Waals surface area contributed by atoms with E-state index in [-0.39, 0.29) is 6.03 Å². The van der Waals surface area contributed by atoms with Crippen molar-refractivity contribution in [3.8, 4) is 0 Å². The van der Waals surface area contributed by atoms with Crippen molar-refractivity contribution in [1.82, 2.24) is 9.80 Å². The van der Waals surface area contributed by atoms with Gasteiger partial charge in [-0.15, -0.1) is 0 Å². The summed E-state index contributed by atoms with van der Waals surface area (Å²) in [6.45, 7) is 0. The van der Waals surface area contributed by atoms with Crippen molar-refractivity contribution in [3.05, 3.63) is 24.4 Å². The molecule has 0 N–H and O–H groups in total. The standard InChI is InChI=1S/C10H14N2O3/c1-11(2)10(14)12-7-5-4-6-8(12)9(13)15-3/h4-8H,1-3H3. The number of allylic oxidation sites excluding steroid dienone is 2. The molecule has 0 saturated carbocycles. The van der Waals surface area contributed by atoms with Crippen LogP contribution in [-0.2, 0) is 9.53 Å². The van der Waals surface area contributed by atoms with Crippen molar-refractivity contribution in [2.24, 2.45) is 0 Å². The lowest BCUT2D eigenvalue weighted by atomic mass is 10.2. The normalized spacial score (nSPS) is 18.9. The number of rotatable bonds is 1. The van der Waals surface area contributed by atoms with E-state index in [9.17, 15) is 9.59 Å². The summed E-state index contributed by atoms with van der Waals surface area (Å²) in [5.41, 5.74) is 0. The highest BCUT2D eigenvalue weighted by atomic mass is 16.5. The summed E-state index contributed by atoms with van der Waals surface area (Å²) in [6, 6.07) is -0.930. The van der Waals surface area contributed by atoms with Crippen LogP contribution in [0.15, 0.2) is 24.4 Å². The first-order valence-corrected chi connectivity index (χ1v) is 4.50. The summed E-state index contributed by atoms with van der Waals surface area (Å²) in [7, 11) is 4.55. The minimum atomic E-state index is -0.671. The molecule has 1 unspecified atom stereocenters. The summed E-state index contributed by atoms with van der Waals surface area (Å²) in [6.07, 6.45) is 6.58. The Morgan fingerprint density at radius 1 is 1.33 bits per heavy atom. The number of carbonyl (C=O) groups is 2. The van der Waals surface area contributed by atoms with Crippen molar-refractivity contribution in [2.75, 3.05) is 21.2 Å². The minimum Gasteiger partial charge on any atom is -0.467 e. The highest BCUT2D eigenvalue weighted by Crippen LogP contribution is 2.11. The van der Waals surface area contributed by atoms with Crippen LogP contribution >= 0.6 is 0 Å². The van der Waals surface area contributed by atoms with Gasteiger partial charge in [-0.2, -0.15) is 0 Å². The first-order valence-electron chi connectivity index (χ1n) is 4.50. The topological polar surface area (TPSA) is 49.9 Å². The number of esters is 1. The molecule has 0 spiro atoms. The number of urea groups is 1. The molecule has 0 radical (unpaired) electrons. The molecule has 1 rings (SSSR count). The lowest BCUT2D eigenvalue weighted by molar-refractivity contribution is -0.143. The number of ether oxygens (including phenoxy) is 1. The molecular weight excluding hydrogens is 196 g/mol. The summed E-state index contributed by atoms with van der Waals surface area (Å²) in [5, 5.41) is 0. The van der Waals surface area contributed by atoms with E-state index in [0.29, 0.717) is 0 Å². The summed E-state index contributed by atoms with van der Waals surface area (Å²) < 4.78 is 4.61. The maximum atomic E-state index is 11.7. The van der Waals surface area contributed by atoms with Crippen molar-refractivity contribution in [2.45, 2.75) is 6.04 Å². The van der Waals surface area contributed by atoms with Gasteiger partial charge in [0, 0.05) is 20.3 Å². The monoisotopic (exact) mass is 210 g/mol. The van der Waals surface area contributed by atoms with E-state index in [4.69, 9.17) is 0 Å². The van der Waals surface area contributed by atoms with Gasteiger partial charge in [-0.1, -0.05) is 12.2 Å². The van der Waals surface area contributed by atoms with Crippen LogP contribution in [0.3, 0.4) is 0 Å². The molecule has 2 amide bonds. The summed E-state index contributed by atoms with van der Waals surface area (Å²) in [4.78, 5) is 25.8. The largest absolute Gasteiger partial charge is 0.467 e. The molecule has 0 aliphatic carbocycles. The van der Waals surface area contributed by atoms with Gasteiger partial charge >= 0.3 is 12.0 Å². The Morgan fingerprint density at radius 3 is 2.53 bits per heavy atom. The van der Waals surface area contributed by atoms with Crippen LogP contribution < -0.4 is 0 Å². The maximum Gasteiger partial charge on any atom is 0.333 e. The number of hydrogen-bond donors (Lipinski definition) is 0. The van der Waals surface area contributed by atoms with E-state index >= 15 is 0 Å². The van der Waals surface area contributed by atoms with E-state index in [1.165, 1.54) is 16.9 Å². The average molecular weight is 210 g/mol. The van der Waals surface area contributed by atoms with Gasteiger partial charge in [0.1, 0.15) is 0 Å². The lowest BCUT2D eigenvalue weighted by Crippen LogP contribution is -2.46. The summed E-state index contributed by atoms with van der Waals surface area (Å²) >= 11 is 0. The highest BCUT2D eigenvalue weighted by Gasteiger charge is 2.28. The molecule has 1 atom stereocenters. The molecule has 0 aromatic rings. The SMILES string of the molecule is COC(=O)C1C=CC=CN1C(=O)N(C)C. The van der Waals surface area contributed by atoms with Crippen LogP contribution in [0.5, 0.6) is 0 Å². The van der Waals surface area contributed by atoms with Gasteiger partial charge in [-0.3, -0.25) is 4.90 Å². The second-order valence-corrected chi connectivity index (χ2v) is 3.28. The van der Waals surface area contributed by atoms with Crippen LogP contribution in [0.4, 0.5) is 4.79 Å². The van der Waals surface area contributed by atoms with Crippen molar-refractivity contribution < 1.29 is 14.3 Å². The molecule has 82 valence electrons. The fourth-order valence-corrected chi connectivity index (χ4v) is 1.22. The predicted molar refractivity (Wildman–Crippen MR) is 55.0 cm³/mol. The van der Waals surface area contributed by atoms with Gasteiger partial charge in [0.25, 0.3) is 0 Å². The molecule has 1 aliphatic rings. The third-order valence-electron chi connectivity index (χ3n) is 2.00. The number of nitrogens with zero attached hydrogens (tertiary/aromatic N) is 2. The number of hydrogen-bond acceptors (Lipinski definition) is 3. The van der Waals surface area contributed by atoms with Crippen LogP contribution in [-0.4, -0.2) is 49.0 Å². The first kappa shape index (κ1) is 11.3. The highest BCUT2D eigenvalue weighted by molar-refractivity contribution is 5.86. The Hall–Kier alpha value is -1.78. The molecule has 0 bridgehead atoms.